The molecule has 1 saturated carbocycles. The lowest BCUT2D eigenvalue weighted by Gasteiger charge is -2.26. The summed E-state index contributed by atoms with van der Waals surface area (Å²) in [5.74, 6) is 0.884. The molecular formula is C17H27BrN2. The van der Waals surface area contributed by atoms with Crippen LogP contribution in [0.4, 0.5) is 5.69 Å². The molecule has 1 aliphatic rings. The van der Waals surface area contributed by atoms with Gasteiger partial charge >= 0.3 is 0 Å². The summed E-state index contributed by atoms with van der Waals surface area (Å²) in [6, 6.07) is 7.16. The summed E-state index contributed by atoms with van der Waals surface area (Å²) in [7, 11) is 2.24. The number of hydrogen-bond donors (Lipinski definition) is 1. The molecule has 2 rings (SSSR count). The van der Waals surface area contributed by atoms with Crippen molar-refractivity contribution in [2.45, 2.75) is 52.1 Å². The van der Waals surface area contributed by atoms with E-state index in [9.17, 15) is 0 Å². The first kappa shape index (κ1) is 15.8. The van der Waals surface area contributed by atoms with E-state index in [2.05, 4.69) is 65.2 Å². The second-order valence-electron chi connectivity index (χ2n) is 6.34. The van der Waals surface area contributed by atoms with Crippen molar-refractivity contribution in [2.24, 2.45) is 5.92 Å². The van der Waals surface area contributed by atoms with E-state index < -0.39 is 0 Å². The van der Waals surface area contributed by atoms with Gasteiger partial charge in [-0.25, -0.2) is 0 Å². The highest BCUT2D eigenvalue weighted by Gasteiger charge is 2.18. The van der Waals surface area contributed by atoms with Crippen LogP contribution in [-0.4, -0.2) is 19.6 Å². The van der Waals surface area contributed by atoms with Crippen molar-refractivity contribution in [3.63, 3.8) is 0 Å². The van der Waals surface area contributed by atoms with Crippen LogP contribution < -0.4 is 10.2 Å². The Morgan fingerprint density at radius 3 is 2.65 bits per heavy atom. The van der Waals surface area contributed by atoms with Crippen LogP contribution in [-0.2, 0) is 6.54 Å². The average Bonchev–Trinajstić information content (AvgIpc) is 2.89. The Morgan fingerprint density at radius 1 is 1.30 bits per heavy atom. The van der Waals surface area contributed by atoms with Crippen LogP contribution in [0.15, 0.2) is 22.7 Å². The van der Waals surface area contributed by atoms with E-state index in [0.29, 0.717) is 6.04 Å². The van der Waals surface area contributed by atoms with Gasteiger partial charge in [-0.05, 0) is 42.5 Å². The quantitative estimate of drug-likeness (QED) is 0.816. The Kier molecular flexibility index (Phi) is 5.91. The first-order valence-electron chi connectivity index (χ1n) is 7.79. The van der Waals surface area contributed by atoms with Gasteiger partial charge in [-0.3, -0.25) is 0 Å². The van der Waals surface area contributed by atoms with Gasteiger partial charge in [0.15, 0.2) is 0 Å². The molecule has 0 spiro atoms. The van der Waals surface area contributed by atoms with Crippen molar-refractivity contribution in [3.8, 4) is 0 Å². The molecule has 0 aliphatic heterocycles. The topological polar surface area (TPSA) is 15.3 Å². The second kappa shape index (κ2) is 7.46. The molecule has 0 bridgehead atoms. The minimum absolute atomic E-state index is 0.516. The smallest absolute Gasteiger partial charge is 0.0410 e. The van der Waals surface area contributed by atoms with Crippen LogP contribution in [0.1, 0.15) is 45.1 Å². The fraction of sp³-hybridized carbons (Fsp3) is 0.647. The third kappa shape index (κ3) is 4.49. The van der Waals surface area contributed by atoms with E-state index in [1.165, 1.54) is 43.5 Å². The molecule has 1 fully saturated rings. The van der Waals surface area contributed by atoms with Crippen molar-refractivity contribution in [1.29, 1.82) is 0 Å². The average molecular weight is 339 g/mol. The van der Waals surface area contributed by atoms with Gasteiger partial charge in [0.1, 0.15) is 0 Å². The summed E-state index contributed by atoms with van der Waals surface area (Å²) < 4.78 is 1.16. The zero-order valence-electron chi connectivity index (χ0n) is 13.0. The SMILES string of the molecule is CC(C)NCc1cc(Br)ccc1N(C)CC1CCCC1. The molecule has 0 atom stereocenters. The molecular weight excluding hydrogens is 312 g/mol. The molecule has 1 aliphatic carbocycles. The molecule has 0 amide bonds. The number of hydrogen-bond acceptors (Lipinski definition) is 2. The summed E-state index contributed by atoms with van der Waals surface area (Å²) in [6.45, 7) is 6.51. The highest BCUT2D eigenvalue weighted by molar-refractivity contribution is 9.10. The lowest BCUT2D eigenvalue weighted by molar-refractivity contribution is 0.544. The number of anilines is 1. The number of nitrogens with one attached hydrogen (secondary N) is 1. The fourth-order valence-electron chi connectivity index (χ4n) is 3.06. The minimum atomic E-state index is 0.516. The number of halogens is 1. The van der Waals surface area contributed by atoms with Gasteiger partial charge in [-0.1, -0.05) is 42.6 Å². The summed E-state index contributed by atoms with van der Waals surface area (Å²) in [4.78, 5) is 2.44. The van der Waals surface area contributed by atoms with Gasteiger partial charge in [0.05, 0.1) is 0 Å². The molecule has 3 heteroatoms. The molecule has 0 heterocycles. The number of benzene rings is 1. The molecule has 2 nitrogen and oxygen atoms in total. The molecule has 20 heavy (non-hydrogen) atoms. The maximum atomic E-state index is 3.59. The Labute approximate surface area is 132 Å². The number of nitrogens with zero attached hydrogens (tertiary/aromatic N) is 1. The Bertz CT molecular complexity index is 425. The van der Waals surface area contributed by atoms with Gasteiger partial charge in [0.25, 0.3) is 0 Å². The van der Waals surface area contributed by atoms with Crippen LogP contribution in [0.2, 0.25) is 0 Å². The molecule has 0 unspecified atom stereocenters. The summed E-state index contributed by atoms with van der Waals surface area (Å²) in [5.41, 5.74) is 2.75. The largest absolute Gasteiger partial charge is 0.374 e. The van der Waals surface area contributed by atoms with Crippen LogP contribution in [0.25, 0.3) is 0 Å². The first-order chi connectivity index (χ1) is 9.56. The predicted molar refractivity (Wildman–Crippen MR) is 91.3 cm³/mol. The van der Waals surface area contributed by atoms with Crippen LogP contribution in [0.5, 0.6) is 0 Å². The highest BCUT2D eigenvalue weighted by atomic mass is 79.9. The standard InChI is InChI=1S/C17H27BrN2/c1-13(2)19-11-15-10-16(18)8-9-17(15)20(3)12-14-6-4-5-7-14/h8-10,13-14,19H,4-7,11-12H2,1-3H3. The van der Waals surface area contributed by atoms with Crippen molar-refractivity contribution >= 4 is 21.6 Å². The van der Waals surface area contributed by atoms with Gasteiger partial charge in [-0.15, -0.1) is 0 Å². The monoisotopic (exact) mass is 338 g/mol. The zero-order valence-corrected chi connectivity index (χ0v) is 14.5. The summed E-state index contributed by atoms with van der Waals surface area (Å²) in [5, 5.41) is 3.53. The van der Waals surface area contributed by atoms with E-state index in [1.54, 1.807) is 0 Å². The molecule has 1 N–H and O–H groups in total. The molecule has 112 valence electrons. The maximum absolute atomic E-state index is 3.59. The van der Waals surface area contributed by atoms with Crippen molar-refractivity contribution in [3.05, 3.63) is 28.2 Å². The third-order valence-corrected chi connectivity index (χ3v) is 4.65. The molecule has 1 aromatic carbocycles. The van der Waals surface area contributed by atoms with Crippen molar-refractivity contribution in [2.75, 3.05) is 18.5 Å². The fourth-order valence-corrected chi connectivity index (χ4v) is 3.47. The van der Waals surface area contributed by atoms with E-state index in [1.807, 2.05) is 0 Å². The van der Waals surface area contributed by atoms with Gasteiger partial charge < -0.3 is 10.2 Å². The highest BCUT2D eigenvalue weighted by Crippen LogP contribution is 2.29. The van der Waals surface area contributed by atoms with Crippen molar-refractivity contribution in [1.82, 2.24) is 5.32 Å². The summed E-state index contributed by atoms with van der Waals surface area (Å²) >= 11 is 3.59. The van der Waals surface area contributed by atoms with E-state index in [-0.39, 0.29) is 0 Å². The van der Waals surface area contributed by atoms with E-state index in [0.717, 1.165) is 16.9 Å². The molecule has 1 aromatic rings. The van der Waals surface area contributed by atoms with Crippen LogP contribution >= 0.6 is 15.9 Å². The zero-order chi connectivity index (χ0) is 14.5. The lowest BCUT2D eigenvalue weighted by atomic mass is 10.1. The van der Waals surface area contributed by atoms with Gasteiger partial charge in [-0.2, -0.15) is 0 Å². The Balaban J connectivity index is 2.07. The van der Waals surface area contributed by atoms with Crippen LogP contribution in [0, 0.1) is 5.92 Å². The first-order valence-corrected chi connectivity index (χ1v) is 8.58. The van der Waals surface area contributed by atoms with E-state index >= 15 is 0 Å². The van der Waals surface area contributed by atoms with Crippen molar-refractivity contribution < 1.29 is 0 Å². The molecule has 0 saturated heterocycles. The van der Waals surface area contributed by atoms with Gasteiger partial charge in [0.2, 0.25) is 0 Å². The predicted octanol–water partition coefficient (Wildman–Crippen LogP) is 4.57. The Hall–Kier alpha value is -0.540. The normalized spacial score (nSPS) is 16.1. The second-order valence-corrected chi connectivity index (χ2v) is 7.26. The van der Waals surface area contributed by atoms with Crippen LogP contribution in [0.3, 0.4) is 0 Å². The number of rotatable bonds is 6. The summed E-state index contributed by atoms with van der Waals surface area (Å²) in [6.07, 6.45) is 5.64. The Morgan fingerprint density at radius 2 is 2.00 bits per heavy atom. The van der Waals surface area contributed by atoms with Gasteiger partial charge in [0, 0.05) is 36.3 Å². The molecule has 0 aromatic heterocycles. The minimum Gasteiger partial charge on any atom is -0.374 e. The molecule has 0 radical (unpaired) electrons. The third-order valence-electron chi connectivity index (χ3n) is 4.16. The van der Waals surface area contributed by atoms with E-state index in [4.69, 9.17) is 0 Å². The maximum Gasteiger partial charge on any atom is 0.0410 e. The lowest BCUT2D eigenvalue weighted by Crippen LogP contribution is -2.27.